The zero-order valence-electron chi connectivity index (χ0n) is 18.8. The molecule has 0 atom stereocenters. The number of phenols is 1. The van der Waals surface area contributed by atoms with Crippen molar-refractivity contribution in [1.29, 1.82) is 0 Å². The van der Waals surface area contributed by atoms with Crippen LogP contribution in [0.15, 0.2) is 30.4 Å². The lowest BCUT2D eigenvalue weighted by Crippen LogP contribution is -2.22. The van der Waals surface area contributed by atoms with Crippen molar-refractivity contribution in [2.24, 2.45) is 0 Å². The summed E-state index contributed by atoms with van der Waals surface area (Å²) in [6.07, 6.45) is 17.5. The van der Waals surface area contributed by atoms with Crippen LogP contribution in [-0.4, -0.2) is 18.1 Å². The van der Waals surface area contributed by atoms with E-state index < -0.39 is 0 Å². The number of allylic oxidation sites excluding steroid dienone is 2. The minimum atomic E-state index is 0.0642. The van der Waals surface area contributed by atoms with Gasteiger partial charge in [0, 0.05) is 19.4 Å². The van der Waals surface area contributed by atoms with Crippen LogP contribution in [0.25, 0.3) is 0 Å². The number of nitrogens with one attached hydrogen (secondary N) is 1. The smallest absolute Gasteiger partial charge is 0.220 e. The van der Waals surface area contributed by atoms with Gasteiger partial charge in [0.05, 0.1) is 7.11 Å². The molecule has 0 aliphatic heterocycles. The first-order valence-corrected chi connectivity index (χ1v) is 11.4. The molecule has 1 aromatic carbocycles. The fourth-order valence-electron chi connectivity index (χ4n) is 3.11. The molecule has 0 spiro atoms. The number of carbonyl (C=O) groups is 1. The van der Waals surface area contributed by atoms with Crippen LogP contribution in [-0.2, 0) is 11.3 Å². The molecule has 0 aliphatic rings. The van der Waals surface area contributed by atoms with Crippen LogP contribution in [0.4, 0.5) is 0 Å². The monoisotopic (exact) mass is 413 g/mol. The summed E-state index contributed by atoms with van der Waals surface area (Å²) in [6, 6.07) is 5.10. The summed E-state index contributed by atoms with van der Waals surface area (Å²) in [5.41, 5.74) is 0.908. The summed E-state index contributed by atoms with van der Waals surface area (Å²) in [4.78, 5) is 12.0. The normalized spacial score (nSPS) is 10.6. The number of hydrogen-bond acceptors (Lipinski definition) is 3. The van der Waals surface area contributed by atoms with Gasteiger partial charge in [0.1, 0.15) is 0 Å². The van der Waals surface area contributed by atoms with Crippen LogP contribution in [0, 0.1) is 11.8 Å². The van der Waals surface area contributed by atoms with Gasteiger partial charge in [-0.2, -0.15) is 0 Å². The number of amides is 1. The molecule has 1 rings (SSSR count). The molecular formula is C26H39NO3. The van der Waals surface area contributed by atoms with Gasteiger partial charge in [-0.25, -0.2) is 0 Å². The van der Waals surface area contributed by atoms with Crippen molar-refractivity contribution >= 4 is 5.91 Å². The van der Waals surface area contributed by atoms with E-state index in [0.29, 0.717) is 18.7 Å². The maximum Gasteiger partial charge on any atom is 0.220 e. The third-order valence-electron chi connectivity index (χ3n) is 4.97. The lowest BCUT2D eigenvalue weighted by molar-refractivity contribution is -0.121. The first-order valence-electron chi connectivity index (χ1n) is 11.4. The van der Waals surface area contributed by atoms with E-state index in [2.05, 4.69) is 30.2 Å². The summed E-state index contributed by atoms with van der Waals surface area (Å²) in [5, 5.41) is 12.5. The summed E-state index contributed by atoms with van der Waals surface area (Å²) in [5.74, 6) is 6.93. The number of benzene rings is 1. The topological polar surface area (TPSA) is 58.6 Å². The van der Waals surface area contributed by atoms with E-state index in [-0.39, 0.29) is 11.7 Å². The van der Waals surface area contributed by atoms with Crippen molar-refractivity contribution in [1.82, 2.24) is 5.32 Å². The zero-order chi connectivity index (χ0) is 21.9. The van der Waals surface area contributed by atoms with Gasteiger partial charge in [-0.1, -0.05) is 69.4 Å². The van der Waals surface area contributed by atoms with Crippen LogP contribution in [0.1, 0.15) is 89.5 Å². The highest BCUT2D eigenvalue weighted by Gasteiger charge is 2.05. The first kappa shape index (κ1) is 25.6. The predicted octanol–water partition coefficient (Wildman–Crippen LogP) is 6.28. The van der Waals surface area contributed by atoms with Gasteiger partial charge in [-0.05, 0) is 49.5 Å². The van der Waals surface area contributed by atoms with E-state index in [1.54, 1.807) is 18.2 Å². The Balaban J connectivity index is 1.98. The minimum Gasteiger partial charge on any atom is -0.504 e. The second-order valence-electron chi connectivity index (χ2n) is 7.62. The molecule has 0 unspecified atom stereocenters. The van der Waals surface area contributed by atoms with Crippen molar-refractivity contribution in [2.75, 3.05) is 7.11 Å². The Morgan fingerprint density at radius 2 is 1.87 bits per heavy atom. The van der Waals surface area contributed by atoms with Crippen molar-refractivity contribution in [2.45, 2.75) is 90.5 Å². The Morgan fingerprint density at radius 1 is 1.10 bits per heavy atom. The maximum absolute atomic E-state index is 12.0. The third-order valence-corrected chi connectivity index (χ3v) is 4.97. The van der Waals surface area contributed by atoms with Gasteiger partial charge < -0.3 is 15.2 Å². The van der Waals surface area contributed by atoms with Crippen molar-refractivity contribution < 1.29 is 14.6 Å². The van der Waals surface area contributed by atoms with Gasteiger partial charge in [0.15, 0.2) is 11.5 Å². The molecule has 1 amide bonds. The molecular weight excluding hydrogens is 374 g/mol. The fraction of sp³-hybridized carbons (Fsp3) is 0.577. The van der Waals surface area contributed by atoms with Crippen LogP contribution in [0.5, 0.6) is 11.5 Å². The number of carbonyl (C=O) groups excluding carboxylic acids is 1. The lowest BCUT2D eigenvalue weighted by atomic mass is 10.1. The molecule has 30 heavy (non-hydrogen) atoms. The lowest BCUT2D eigenvalue weighted by Gasteiger charge is -2.08. The van der Waals surface area contributed by atoms with Gasteiger partial charge in [-0.3, -0.25) is 4.79 Å². The summed E-state index contributed by atoms with van der Waals surface area (Å²) in [7, 11) is 1.51. The average molecular weight is 414 g/mol. The Labute approximate surface area is 183 Å². The van der Waals surface area contributed by atoms with Crippen molar-refractivity contribution in [3.8, 4) is 23.3 Å². The van der Waals surface area contributed by atoms with Crippen LogP contribution in [0.3, 0.4) is 0 Å². The average Bonchev–Trinajstić information content (AvgIpc) is 2.75. The van der Waals surface area contributed by atoms with E-state index in [4.69, 9.17) is 4.74 Å². The number of hydrogen-bond donors (Lipinski definition) is 2. The number of rotatable bonds is 15. The van der Waals surface area contributed by atoms with Crippen molar-refractivity contribution in [3.63, 3.8) is 0 Å². The number of ether oxygens (including phenoxy) is 1. The summed E-state index contributed by atoms with van der Waals surface area (Å²) < 4.78 is 5.08. The highest BCUT2D eigenvalue weighted by molar-refractivity contribution is 5.75. The van der Waals surface area contributed by atoms with Gasteiger partial charge >= 0.3 is 0 Å². The van der Waals surface area contributed by atoms with Gasteiger partial charge in [0.2, 0.25) is 5.91 Å². The Kier molecular flexibility index (Phi) is 14.9. The second-order valence-corrected chi connectivity index (χ2v) is 7.62. The van der Waals surface area contributed by atoms with E-state index >= 15 is 0 Å². The Hall–Kier alpha value is -2.41. The summed E-state index contributed by atoms with van der Waals surface area (Å²) >= 11 is 0. The van der Waals surface area contributed by atoms with Crippen LogP contribution >= 0.6 is 0 Å². The highest BCUT2D eigenvalue weighted by Crippen LogP contribution is 2.26. The Bertz CT molecular complexity index is 685. The molecule has 0 aliphatic carbocycles. The molecule has 0 saturated heterocycles. The molecule has 0 bridgehead atoms. The molecule has 166 valence electrons. The molecule has 1 aromatic rings. The quantitative estimate of drug-likeness (QED) is 0.263. The standard InChI is InChI=1S/C26H39NO3/c1-3-4-5-6-7-8-9-10-11-12-13-14-15-16-17-18-26(29)27-22-23-19-20-24(28)25(21-23)30-2/h8-9,19-21,28H,3-7,12-18,22H2,1-2H3,(H,27,29)/b9-8+. The number of phenolic OH excluding ortho intramolecular Hbond substituents is 1. The van der Waals surface area contributed by atoms with E-state index in [1.807, 2.05) is 6.08 Å². The van der Waals surface area contributed by atoms with E-state index in [1.165, 1.54) is 39.2 Å². The zero-order valence-corrected chi connectivity index (χ0v) is 18.8. The minimum absolute atomic E-state index is 0.0642. The van der Waals surface area contributed by atoms with E-state index in [9.17, 15) is 9.90 Å². The van der Waals surface area contributed by atoms with E-state index in [0.717, 1.165) is 44.1 Å². The predicted molar refractivity (Wildman–Crippen MR) is 124 cm³/mol. The largest absolute Gasteiger partial charge is 0.504 e. The van der Waals surface area contributed by atoms with Gasteiger partial charge in [-0.15, -0.1) is 0 Å². The molecule has 0 saturated carbocycles. The number of aromatic hydroxyl groups is 1. The highest BCUT2D eigenvalue weighted by atomic mass is 16.5. The molecule has 0 aromatic heterocycles. The molecule has 0 radical (unpaired) electrons. The second kappa shape index (κ2) is 17.4. The first-order chi connectivity index (χ1) is 14.7. The number of unbranched alkanes of at least 4 members (excludes halogenated alkanes) is 9. The molecule has 2 N–H and O–H groups in total. The molecule has 0 fully saturated rings. The molecule has 4 nitrogen and oxygen atoms in total. The third kappa shape index (κ3) is 12.9. The molecule has 0 heterocycles. The van der Waals surface area contributed by atoms with Crippen LogP contribution in [0.2, 0.25) is 0 Å². The fourth-order valence-corrected chi connectivity index (χ4v) is 3.11. The number of methoxy groups -OCH3 is 1. The molecule has 4 heteroatoms. The van der Waals surface area contributed by atoms with Gasteiger partial charge in [0.25, 0.3) is 0 Å². The Morgan fingerprint density at radius 3 is 2.67 bits per heavy atom. The van der Waals surface area contributed by atoms with Crippen LogP contribution < -0.4 is 10.1 Å². The summed E-state index contributed by atoms with van der Waals surface area (Å²) in [6.45, 7) is 2.68. The SMILES string of the molecule is CCCCCC/C=C/C#CCCCCCCCC(=O)NCc1ccc(O)c(OC)c1. The maximum atomic E-state index is 12.0. The van der Waals surface area contributed by atoms with Crippen molar-refractivity contribution in [3.05, 3.63) is 35.9 Å².